The highest BCUT2D eigenvalue weighted by atomic mass is 28.4. The Morgan fingerprint density at radius 3 is 1.77 bits per heavy atom. The van der Waals surface area contributed by atoms with Crippen molar-refractivity contribution in [1.82, 2.24) is 10.4 Å². The Kier molecular flexibility index (Phi) is 13.2. The van der Waals surface area contributed by atoms with Crippen LogP contribution in [0.25, 0.3) is 0 Å². The molecule has 8 nitrogen and oxygen atoms in total. The Morgan fingerprint density at radius 2 is 1.26 bits per heavy atom. The molecule has 0 aliphatic heterocycles. The SMILES string of the molecule is CC(C)(C)[Si](C)(C)OCCC[C@@H](COCc1ccccc1)N(NC(=O)OCc1ccccc1)C(=O)OCc1ccccc1. The Morgan fingerprint density at radius 1 is 0.767 bits per heavy atom. The molecular weight excluding hydrogens is 560 g/mol. The summed E-state index contributed by atoms with van der Waals surface area (Å²) in [4.78, 5) is 26.4. The minimum atomic E-state index is -1.94. The van der Waals surface area contributed by atoms with Gasteiger partial charge >= 0.3 is 12.2 Å². The van der Waals surface area contributed by atoms with E-state index in [9.17, 15) is 9.59 Å². The summed E-state index contributed by atoms with van der Waals surface area (Å²) in [6.45, 7) is 12.2. The number of rotatable bonds is 14. The molecule has 1 N–H and O–H groups in total. The number of hydrazine groups is 1. The molecule has 0 saturated carbocycles. The predicted octanol–water partition coefficient (Wildman–Crippen LogP) is 7.85. The van der Waals surface area contributed by atoms with E-state index >= 15 is 0 Å². The molecule has 0 heterocycles. The van der Waals surface area contributed by atoms with Crippen molar-refractivity contribution < 1.29 is 28.2 Å². The summed E-state index contributed by atoms with van der Waals surface area (Å²) in [6.07, 6.45) is -0.275. The standard InChI is InChI=1S/C34H46N2O6Si/c1-34(2,3)43(4,5)42-23-15-22-31(27-39-24-28-16-9-6-10-17-28)36(33(38)41-26-30-20-13-8-14-21-30)35-32(37)40-25-29-18-11-7-12-19-29/h6-14,16-21,31H,15,22-27H2,1-5H3,(H,35,37)/t31-/m0/s1. The molecule has 0 fully saturated rings. The number of amides is 2. The van der Waals surface area contributed by atoms with Crippen LogP contribution in [-0.4, -0.2) is 44.8 Å². The third-order valence-electron chi connectivity index (χ3n) is 7.56. The zero-order chi connectivity index (χ0) is 31.1. The van der Waals surface area contributed by atoms with Gasteiger partial charge in [-0.25, -0.2) is 20.0 Å². The van der Waals surface area contributed by atoms with Gasteiger partial charge in [-0.3, -0.25) is 0 Å². The van der Waals surface area contributed by atoms with Gasteiger partial charge in [-0.15, -0.1) is 0 Å². The lowest BCUT2D eigenvalue weighted by molar-refractivity contribution is 0.00688. The van der Waals surface area contributed by atoms with Crippen LogP contribution in [0, 0.1) is 0 Å². The molecule has 0 radical (unpaired) electrons. The van der Waals surface area contributed by atoms with E-state index in [4.69, 9.17) is 18.6 Å². The highest BCUT2D eigenvalue weighted by molar-refractivity contribution is 6.74. The van der Waals surface area contributed by atoms with E-state index in [1.165, 1.54) is 5.01 Å². The summed E-state index contributed by atoms with van der Waals surface area (Å²) < 4.78 is 23.5. The maximum Gasteiger partial charge on any atom is 0.429 e. The third-order valence-corrected chi connectivity index (χ3v) is 12.1. The molecule has 0 aromatic heterocycles. The van der Waals surface area contributed by atoms with Crippen molar-refractivity contribution in [3.8, 4) is 0 Å². The zero-order valence-electron chi connectivity index (χ0n) is 26.1. The molecule has 43 heavy (non-hydrogen) atoms. The normalized spacial score (nSPS) is 12.3. The van der Waals surface area contributed by atoms with E-state index < -0.39 is 26.5 Å². The number of hydrogen-bond acceptors (Lipinski definition) is 6. The minimum Gasteiger partial charge on any atom is -0.443 e. The van der Waals surface area contributed by atoms with Gasteiger partial charge in [0.25, 0.3) is 0 Å². The van der Waals surface area contributed by atoms with Gasteiger partial charge in [0.2, 0.25) is 0 Å². The van der Waals surface area contributed by atoms with Crippen LogP contribution >= 0.6 is 0 Å². The fourth-order valence-electron chi connectivity index (χ4n) is 3.97. The van der Waals surface area contributed by atoms with Crippen LogP contribution in [0.4, 0.5) is 9.59 Å². The first-order valence-corrected chi connectivity index (χ1v) is 17.7. The average Bonchev–Trinajstić information content (AvgIpc) is 3.00. The monoisotopic (exact) mass is 606 g/mol. The molecule has 1 atom stereocenters. The largest absolute Gasteiger partial charge is 0.443 e. The van der Waals surface area contributed by atoms with Crippen LogP contribution < -0.4 is 5.43 Å². The quantitative estimate of drug-likeness (QED) is 0.114. The number of benzene rings is 3. The van der Waals surface area contributed by atoms with Crippen LogP contribution in [0.1, 0.15) is 50.3 Å². The van der Waals surface area contributed by atoms with Gasteiger partial charge in [0.05, 0.1) is 19.3 Å². The summed E-state index contributed by atoms with van der Waals surface area (Å²) in [6, 6.07) is 28.0. The summed E-state index contributed by atoms with van der Waals surface area (Å²) in [5, 5.41) is 1.29. The number of nitrogens with one attached hydrogen (secondary N) is 1. The van der Waals surface area contributed by atoms with Crippen LogP contribution in [0.5, 0.6) is 0 Å². The Balaban J connectivity index is 1.73. The van der Waals surface area contributed by atoms with Gasteiger partial charge in [0.15, 0.2) is 8.32 Å². The lowest BCUT2D eigenvalue weighted by Gasteiger charge is -2.36. The summed E-state index contributed by atoms with van der Waals surface area (Å²) in [7, 11) is -1.94. The number of ether oxygens (including phenoxy) is 3. The number of hydrogen-bond donors (Lipinski definition) is 1. The second-order valence-electron chi connectivity index (χ2n) is 12.0. The van der Waals surface area contributed by atoms with Crippen molar-refractivity contribution >= 4 is 20.5 Å². The van der Waals surface area contributed by atoms with E-state index in [0.29, 0.717) is 26.1 Å². The molecule has 0 saturated heterocycles. The van der Waals surface area contributed by atoms with E-state index in [1.807, 2.05) is 91.0 Å². The van der Waals surface area contributed by atoms with Crippen molar-refractivity contribution in [1.29, 1.82) is 0 Å². The van der Waals surface area contributed by atoms with Gasteiger partial charge < -0.3 is 18.6 Å². The molecule has 2 amide bonds. The van der Waals surface area contributed by atoms with Gasteiger partial charge in [-0.1, -0.05) is 112 Å². The molecular formula is C34H46N2O6Si. The van der Waals surface area contributed by atoms with Crippen LogP contribution in [0.15, 0.2) is 91.0 Å². The highest BCUT2D eigenvalue weighted by Crippen LogP contribution is 2.36. The van der Waals surface area contributed by atoms with Gasteiger partial charge in [-0.05, 0) is 47.7 Å². The van der Waals surface area contributed by atoms with Gasteiger partial charge in [-0.2, -0.15) is 0 Å². The third kappa shape index (κ3) is 11.9. The summed E-state index contributed by atoms with van der Waals surface area (Å²) >= 11 is 0. The molecule has 0 aliphatic carbocycles. The fraction of sp³-hybridized carbons (Fsp3) is 0.412. The number of nitrogens with zero attached hydrogens (tertiary/aromatic N) is 1. The lowest BCUT2D eigenvalue weighted by atomic mass is 10.1. The maximum atomic E-state index is 13.5. The van der Waals surface area contributed by atoms with Crippen molar-refractivity contribution in [2.75, 3.05) is 13.2 Å². The summed E-state index contributed by atoms with van der Waals surface area (Å²) in [5.41, 5.74) is 5.32. The van der Waals surface area contributed by atoms with Crippen molar-refractivity contribution in [2.24, 2.45) is 0 Å². The van der Waals surface area contributed by atoms with Crippen LogP contribution in [0.2, 0.25) is 18.1 Å². The van der Waals surface area contributed by atoms with E-state index in [0.717, 1.165) is 16.7 Å². The maximum absolute atomic E-state index is 13.5. The molecule has 3 rings (SSSR count). The van der Waals surface area contributed by atoms with E-state index in [1.54, 1.807) is 0 Å². The molecule has 0 bridgehead atoms. The molecule has 3 aromatic carbocycles. The zero-order valence-corrected chi connectivity index (χ0v) is 27.1. The van der Waals surface area contributed by atoms with Gasteiger partial charge in [0, 0.05) is 6.61 Å². The average molecular weight is 607 g/mol. The van der Waals surface area contributed by atoms with E-state index in [-0.39, 0.29) is 24.9 Å². The first kappa shape index (κ1) is 33.8. The number of carbonyl (C=O) groups excluding carboxylic acids is 2. The second-order valence-corrected chi connectivity index (χ2v) is 16.8. The number of carbonyl (C=O) groups is 2. The van der Waals surface area contributed by atoms with Crippen LogP contribution in [0.3, 0.4) is 0 Å². The first-order valence-electron chi connectivity index (χ1n) is 14.8. The topological polar surface area (TPSA) is 86.3 Å². The Bertz CT molecular complexity index is 1240. The first-order chi connectivity index (χ1) is 20.5. The second kappa shape index (κ2) is 16.8. The van der Waals surface area contributed by atoms with Crippen molar-refractivity contribution in [2.45, 2.75) is 77.6 Å². The predicted molar refractivity (Wildman–Crippen MR) is 170 cm³/mol. The fourth-order valence-corrected chi connectivity index (χ4v) is 5.05. The molecule has 0 unspecified atom stereocenters. The van der Waals surface area contributed by atoms with Crippen molar-refractivity contribution in [3.05, 3.63) is 108 Å². The summed E-state index contributed by atoms with van der Waals surface area (Å²) in [5.74, 6) is 0. The Hall–Kier alpha value is -3.66. The van der Waals surface area contributed by atoms with Crippen molar-refractivity contribution in [3.63, 3.8) is 0 Å². The Labute approximate surface area is 257 Å². The lowest BCUT2D eigenvalue weighted by Crippen LogP contribution is -2.54. The minimum absolute atomic E-state index is 0.0585. The highest BCUT2D eigenvalue weighted by Gasteiger charge is 2.37. The van der Waals surface area contributed by atoms with Gasteiger partial charge in [0.1, 0.15) is 13.2 Å². The molecule has 0 aliphatic rings. The molecule has 232 valence electrons. The van der Waals surface area contributed by atoms with Crippen LogP contribution in [-0.2, 0) is 38.5 Å². The van der Waals surface area contributed by atoms with E-state index in [2.05, 4.69) is 39.3 Å². The smallest absolute Gasteiger partial charge is 0.429 e. The molecule has 0 spiro atoms. The molecule has 3 aromatic rings. The molecule has 9 heteroatoms.